The molecule has 32 heavy (non-hydrogen) atoms. The van der Waals surface area contributed by atoms with E-state index in [1.807, 2.05) is 19.1 Å². The fourth-order valence-corrected chi connectivity index (χ4v) is 4.25. The van der Waals surface area contributed by atoms with Crippen molar-refractivity contribution in [2.24, 2.45) is 10.2 Å². The van der Waals surface area contributed by atoms with Crippen LogP contribution in [-0.4, -0.2) is 28.8 Å². The molecular weight excluding hydrogens is 408 g/mol. The Morgan fingerprint density at radius 2 is 1.66 bits per heavy atom. The number of nitrogens with zero attached hydrogens (tertiary/aromatic N) is 2. The van der Waals surface area contributed by atoms with E-state index >= 15 is 0 Å². The van der Waals surface area contributed by atoms with Crippen molar-refractivity contribution < 1.29 is 24.5 Å². The van der Waals surface area contributed by atoms with Crippen LogP contribution in [0, 0.1) is 0 Å². The number of carboxylic acids is 1. The zero-order chi connectivity index (χ0) is 23.5. The van der Waals surface area contributed by atoms with Crippen molar-refractivity contribution in [3.8, 4) is 0 Å². The summed E-state index contributed by atoms with van der Waals surface area (Å²) in [5, 5.41) is 29.3. The van der Waals surface area contributed by atoms with Crippen molar-refractivity contribution in [3.05, 3.63) is 58.7 Å². The van der Waals surface area contributed by atoms with Crippen LogP contribution in [0.5, 0.6) is 0 Å². The summed E-state index contributed by atoms with van der Waals surface area (Å²) < 4.78 is 5.08. The number of carboxylic acid groups (broad SMARTS) is 1. The summed E-state index contributed by atoms with van der Waals surface area (Å²) in [6.45, 7) is 8.13. The number of fused-ring (bicyclic) bond motifs is 1. The van der Waals surface area contributed by atoms with Gasteiger partial charge in [-0.1, -0.05) is 26.8 Å². The number of rotatable bonds is 7. The van der Waals surface area contributed by atoms with Gasteiger partial charge in [-0.3, -0.25) is 4.79 Å². The van der Waals surface area contributed by atoms with E-state index in [0.717, 1.165) is 12.0 Å². The molecule has 0 aromatic heterocycles. The Morgan fingerprint density at radius 3 is 2.28 bits per heavy atom. The third-order valence-electron chi connectivity index (χ3n) is 6.12. The molecule has 2 aromatic carbocycles. The molecule has 0 aliphatic heterocycles. The molecule has 170 valence electrons. The van der Waals surface area contributed by atoms with Gasteiger partial charge in [0.15, 0.2) is 0 Å². The van der Waals surface area contributed by atoms with Crippen LogP contribution in [0.25, 0.3) is 0 Å². The molecule has 0 saturated heterocycles. The number of aromatic carboxylic acids is 1. The number of esters is 1. The lowest BCUT2D eigenvalue weighted by Crippen LogP contribution is -2.39. The smallest absolute Gasteiger partial charge is 0.335 e. The first-order chi connectivity index (χ1) is 15.1. The Balaban J connectivity index is 1.96. The van der Waals surface area contributed by atoms with E-state index < -0.39 is 17.5 Å². The summed E-state index contributed by atoms with van der Waals surface area (Å²) in [5.74, 6) is -1.40. The molecule has 3 rings (SSSR count). The van der Waals surface area contributed by atoms with Gasteiger partial charge in [0.25, 0.3) is 0 Å². The summed E-state index contributed by atoms with van der Waals surface area (Å²) in [6, 6.07) is 10.4. The van der Waals surface area contributed by atoms with Gasteiger partial charge in [-0.2, -0.15) is 10.2 Å². The first-order valence-corrected chi connectivity index (χ1v) is 10.9. The molecule has 0 amide bonds. The number of aliphatic hydroxyl groups is 1. The summed E-state index contributed by atoms with van der Waals surface area (Å²) >= 11 is 0. The predicted octanol–water partition coefficient (Wildman–Crippen LogP) is 5.57. The van der Waals surface area contributed by atoms with E-state index in [1.54, 1.807) is 25.1 Å². The Morgan fingerprint density at radius 1 is 1.00 bits per heavy atom. The standard InChI is InChI=1S/C25H30N2O5/c1-5-16-13-17(7-9-19(16)23(29)30)26-27-18-8-10-20-21(14-18)25(31,12-11-24(20,3)4)15-22(28)32-6-2/h7-10,13-14,31H,5-6,11-12,15H2,1-4H3,(H,29,30)/b27-26+. The zero-order valence-corrected chi connectivity index (χ0v) is 19.0. The highest BCUT2D eigenvalue weighted by molar-refractivity contribution is 5.89. The Kier molecular flexibility index (Phi) is 6.79. The van der Waals surface area contributed by atoms with Crippen LogP contribution >= 0.6 is 0 Å². The van der Waals surface area contributed by atoms with Gasteiger partial charge < -0.3 is 14.9 Å². The van der Waals surface area contributed by atoms with Crippen molar-refractivity contribution >= 4 is 23.3 Å². The maximum atomic E-state index is 12.2. The summed E-state index contributed by atoms with van der Waals surface area (Å²) in [7, 11) is 0. The van der Waals surface area contributed by atoms with Gasteiger partial charge >= 0.3 is 11.9 Å². The second-order valence-electron chi connectivity index (χ2n) is 8.83. The molecule has 2 N–H and O–H groups in total. The molecule has 0 heterocycles. The van der Waals surface area contributed by atoms with Gasteiger partial charge in [0.05, 0.1) is 30.0 Å². The van der Waals surface area contributed by atoms with Gasteiger partial charge in [0.2, 0.25) is 0 Å². The highest BCUT2D eigenvalue weighted by atomic mass is 16.5. The van der Waals surface area contributed by atoms with E-state index in [0.29, 0.717) is 35.3 Å². The molecule has 1 aliphatic rings. The predicted molar refractivity (Wildman–Crippen MR) is 121 cm³/mol. The summed E-state index contributed by atoms with van der Waals surface area (Å²) in [5.41, 5.74) is 2.23. The van der Waals surface area contributed by atoms with Crippen LogP contribution in [0.1, 0.15) is 74.0 Å². The number of hydrogen-bond acceptors (Lipinski definition) is 6. The lowest BCUT2D eigenvalue weighted by molar-refractivity contribution is -0.150. The molecule has 0 bridgehead atoms. The monoisotopic (exact) mass is 438 g/mol. The van der Waals surface area contributed by atoms with E-state index in [1.165, 1.54) is 6.07 Å². The normalized spacial score (nSPS) is 19.5. The van der Waals surface area contributed by atoms with E-state index in [-0.39, 0.29) is 24.0 Å². The van der Waals surface area contributed by atoms with Gasteiger partial charge in [-0.05, 0) is 78.6 Å². The molecule has 0 saturated carbocycles. The second kappa shape index (κ2) is 9.20. The van der Waals surface area contributed by atoms with Crippen LogP contribution in [0.4, 0.5) is 11.4 Å². The average molecular weight is 439 g/mol. The van der Waals surface area contributed by atoms with Gasteiger partial charge in [-0.15, -0.1) is 0 Å². The maximum absolute atomic E-state index is 12.2. The van der Waals surface area contributed by atoms with Crippen molar-refractivity contribution in [1.29, 1.82) is 0 Å². The third-order valence-corrected chi connectivity index (χ3v) is 6.12. The summed E-state index contributed by atoms with van der Waals surface area (Å²) in [6.07, 6.45) is 1.65. The molecule has 7 nitrogen and oxygen atoms in total. The number of hydrogen-bond donors (Lipinski definition) is 2. The van der Waals surface area contributed by atoms with Crippen molar-refractivity contribution in [2.75, 3.05) is 6.61 Å². The lowest BCUT2D eigenvalue weighted by Gasteiger charge is -2.42. The van der Waals surface area contributed by atoms with E-state index in [4.69, 9.17) is 4.74 Å². The van der Waals surface area contributed by atoms with Crippen LogP contribution in [0.3, 0.4) is 0 Å². The molecule has 2 aromatic rings. The molecule has 7 heteroatoms. The zero-order valence-electron chi connectivity index (χ0n) is 19.0. The highest BCUT2D eigenvalue weighted by Crippen LogP contribution is 2.47. The molecular formula is C25H30N2O5. The van der Waals surface area contributed by atoms with Crippen LogP contribution in [0.2, 0.25) is 0 Å². The Bertz CT molecular complexity index is 1060. The SMILES string of the molecule is CCOC(=O)CC1(O)CCC(C)(C)c2ccc(/N=N/c3ccc(C(=O)O)c(CC)c3)cc21. The summed E-state index contributed by atoms with van der Waals surface area (Å²) in [4.78, 5) is 23.5. The largest absolute Gasteiger partial charge is 0.478 e. The number of aryl methyl sites for hydroxylation is 1. The molecule has 1 unspecified atom stereocenters. The van der Waals surface area contributed by atoms with Crippen molar-refractivity contribution in [1.82, 2.24) is 0 Å². The van der Waals surface area contributed by atoms with Crippen LogP contribution in [0.15, 0.2) is 46.6 Å². The molecule has 1 atom stereocenters. The molecule has 0 radical (unpaired) electrons. The maximum Gasteiger partial charge on any atom is 0.335 e. The average Bonchev–Trinajstić information content (AvgIpc) is 2.75. The number of azo groups is 1. The number of ether oxygens (including phenoxy) is 1. The Labute approximate surface area is 188 Å². The highest BCUT2D eigenvalue weighted by Gasteiger charge is 2.43. The first-order valence-electron chi connectivity index (χ1n) is 10.9. The van der Waals surface area contributed by atoms with Crippen molar-refractivity contribution in [3.63, 3.8) is 0 Å². The van der Waals surface area contributed by atoms with Crippen LogP contribution < -0.4 is 0 Å². The topological polar surface area (TPSA) is 109 Å². The third kappa shape index (κ3) is 4.88. The van der Waals surface area contributed by atoms with Crippen LogP contribution in [-0.2, 0) is 27.0 Å². The minimum atomic E-state index is -1.32. The van der Waals surface area contributed by atoms with Gasteiger partial charge in [0.1, 0.15) is 5.60 Å². The molecule has 0 spiro atoms. The molecule has 0 fully saturated rings. The Hall–Kier alpha value is -3.06. The van der Waals surface area contributed by atoms with Gasteiger partial charge in [-0.25, -0.2) is 4.79 Å². The second-order valence-corrected chi connectivity index (χ2v) is 8.83. The number of carbonyl (C=O) groups excluding carboxylic acids is 1. The van der Waals surface area contributed by atoms with Gasteiger partial charge in [0, 0.05) is 0 Å². The fraction of sp³-hybridized carbons (Fsp3) is 0.440. The van der Waals surface area contributed by atoms with E-state index in [9.17, 15) is 19.8 Å². The number of carbonyl (C=O) groups is 2. The molecule has 1 aliphatic carbocycles. The van der Waals surface area contributed by atoms with Crippen molar-refractivity contribution in [2.45, 2.75) is 64.4 Å². The minimum absolute atomic E-state index is 0.110. The number of benzene rings is 2. The fourth-order valence-electron chi connectivity index (χ4n) is 4.25. The minimum Gasteiger partial charge on any atom is -0.478 e. The van der Waals surface area contributed by atoms with E-state index in [2.05, 4.69) is 24.1 Å². The first kappa shape index (κ1) is 23.6. The quantitative estimate of drug-likeness (QED) is 0.434. The lowest BCUT2D eigenvalue weighted by atomic mass is 9.66.